The Bertz CT molecular complexity index is 966. The van der Waals surface area contributed by atoms with E-state index in [1.54, 1.807) is 0 Å². The molecule has 0 N–H and O–H groups in total. The standard InChI is InChI=1S/C22H26N4O2/c1-16(2)15-28-19-9-5-7-17(13-19)22(27)25-11-6-8-18(14-25)21-24-23-20-10-3-4-12-26(20)21/h3-5,7,9-10,12-13,16,18H,6,8,11,14-15H2,1-2H3. The number of aromatic nitrogens is 3. The number of amides is 1. The van der Waals surface area contributed by atoms with Gasteiger partial charge in [0.05, 0.1) is 6.61 Å². The maximum Gasteiger partial charge on any atom is 0.254 e. The van der Waals surface area contributed by atoms with Gasteiger partial charge >= 0.3 is 0 Å². The van der Waals surface area contributed by atoms with Crippen LogP contribution in [-0.2, 0) is 0 Å². The van der Waals surface area contributed by atoms with Crippen LogP contribution in [0.4, 0.5) is 0 Å². The van der Waals surface area contributed by atoms with Gasteiger partial charge < -0.3 is 9.64 Å². The second kappa shape index (κ2) is 8.00. The molecule has 0 aliphatic carbocycles. The molecular weight excluding hydrogens is 352 g/mol. The first-order valence-corrected chi connectivity index (χ1v) is 9.93. The van der Waals surface area contributed by atoms with Crippen molar-refractivity contribution < 1.29 is 9.53 Å². The number of fused-ring (bicyclic) bond motifs is 1. The van der Waals surface area contributed by atoms with Crippen LogP contribution in [-0.4, -0.2) is 45.1 Å². The van der Waals surface area contributed by atoms with Crippen LogP contribution in [0.15, 0.2) is 48.7 Å². The number of nitrogens with zero attached hydrogens (tertiary/aromatic N) is 4. The van der Waals surface area contributed by atoms with Crippen LogP contribution in [0.3, 0.4) is 0 Å². The molecule has 1 aromatic carbocycles. The summed E-state index contributed by atoms with van der Waals surface area (Å²) in [7, 11) is 0. The van der Waals surface area contributed by atoms with Gasteiger partial charge in [-0.3, -0.25) is 9.20 Å². The molecule has 28 heavy (non-hydrogen) atoms. The van der Waals surface area contributed by atoms with E-state index in [1.165, 1.54) is 0 Å². The Balaban J connectivity index is 1.50. The van der Waals surface area contributed by atoms with Crippen molar-refractivity contribution in [3.63, 3.8) is 0 Å². The Morgan fingerprint density at radius 1 is 1.21 bits per heavy atom. The predicted octanol–water partition coefficient (Wildman–Crippen LogP) is 3.78. The van der Waals surface area contributed by atoms with Gasteiger partial charge in [0.15, 0.2) is 5.65 Å². The molecule has 146 valence electrons. The second-order valence-electron chi connectivity index (χ2n) is 7.81. The molecule has 6 heteroatoms. The first kappa shape index (κ1) is 18.5. The number of pyridine rings is 1. The number of hydrogen-bond donors (Lipinski definition) is 0. The summed E-state index contributed by atoms with van der Waals surface area (Å²) in [4.78, 5) is 15.0. The Kier molecular flexibility index (Phi) is 5.28. The summed E-state index contributed by atoms with van der Waals surface area (Å²) >= 11 is 0. The van der Waals surface area contributed by atoms with Crippen molar-refractivity contribution in [2.24, 2.45) is 5.92 Å². The summed E-state index contributed by atoms with van der Waals surface area (Å²) in [6, 6.07) is 13.4. The number of rotatable bonds is 5. The fourth-order valence-electron chi connectivity index (χ4n) is 3.68. The van der Waals surface area contributed by atoms with Crippen molar-refractivity contribution in [2.75, 3.05) is 19.7 Å². The van der Waals surface area contributed by atoms with Gasteiger partial charge in [-0.15, -0.1) is 10.2 Å². The number of piperidine rings is 1. The van der Waals surface area contributed by atoms with Gasteiger partial charge in [0.2, 0.25) is 0 Å². The van der Waals surface area contributed by atoms with Gasteiger partial charge in [0, 0.05) is 30.8 Å². The molecule has 0 radical (unpaired) electrons. The van der Waals surface area contributed by atoms with Crippen molar-refractivity contribution in [3.05, 3.63) is 60.0 Å². The molecule has 2 aromatic heterocycles. The Morgan fingerprint density at radius 2 is 2.11 bits per heavy atom. The SMILES string of the molecule is CC(C)COc1cccc(C(=O)N2CCCC(c3nnc4ccccn34)C2)c1. The lowest BCUT2D eigenvalue weighted by molar-refractivity contribution is 0.0703. The highest BCUT2D eigenvalue weighted by atomic mass is 16.5. The van der Waals surface area contributed by atoms with Crippen molar-refractivity contribution in [3.8, 4) is 5.75 Å². The zero-order valence-electron chi connectivity index (χ0n) is 16.4. The Morgan fingerprint density at radius 3 is 2.96 bits per heavy atom. The molecule has 3 heterocycles. The molecule has 1 unspecified atom stereocenters. The lowest BCUT2D eigenvalue weighted by Crippen LogP contribution is -2.39. The number of hydrogen-bond acceptors (Lipinski definition) is 4. The second-order valence-corrected chi connectivity index (χ2v) is 7.81. The minimum atomic E-state index is 0.0496. The summed E-state index contributed by atoms with van der Waals surface area (Å²) in [5.74, 6) is 2.36. The third-order valence-corrected chi connectivity index (χ3v) is 5.08. The highest BCUT2D eigenvalue weighted by Crippen LogP contribution is 2.27. The molecule has 1 aliphatic heterocycles. The maximum absolute atomic E-state index is 13.1. The van der Waals surface area contributed by atoms with Crippen LogP contribution in [0.25, 0.3) is 5.65 Å². The van der Waals surface area contributed by atoms with Crippen molar-refractivity contribution in [1.82, 2.24) is 19.5 Å². The van der Waals surface area contributed by atoms with Gasteiger partial charge in [0.25, 0.3) is 5.91 Å². The van der Waals surface area contributed by atoms with Crippen LogP contribution >= 0.6 is 0 Å². The number of ether oxygens (including phenoxy) is 1. The minimum absolute atomic E-state index is 0.0496. The van der Waals surface area contributed by atoms with Crippen LogP contribution < -0.4 is 4.74 Å². The predicted molar refractivity (Wildman–Crippen MR) is 108 cm³/mol. The highest BCUT2D eigenvalue weighted by molar-refractivity contribution is 5.94. The molecule has 3 aromatic rings. The molecule has 0 saturated carbocycles. The molecule has 1 saturated heterocycles. The molecule has 1 amide bonds. The normalized spacial score (nSPS) is 17.2. The maximum atomic E-state index is 13.1. The van der Waals surface area contributed by atoms with E-state index >= 15 is 0 Å². The number of carbonyl (C=O) groups is 1. The quantitative estimate of drug-likeness (QED) is 0.678. The monoisotopic (exact) mass is 378 g/mol. The van der Waals surface area contributed by atoms with E-state index in [4.69, 9.17) is 4.74 Å². The smallest absolute Gasteiger partial charge is 0.254 e. The summed E-state index contributed by atoms with van der Waals surface area (Å²) in [5, 5.41) is 8.66. The van der Waals surface area contributed by atoms with Crippen LogP contribution in [0.5, 0.6) is 5.75 Å². The zero-order valence-corrected chi connectivity index (χ0v) is 16.4. The molecular formula is C22H26N4O2. The van der Waals surface area contributed by atoms with E-state index in [0.717, 1.165) is 36.6 Å². The average molecular weight is 378 g/mol. The fraction of sp³-hybridized carbons (Fsp3) is 0.409. The molecule has 1 atom stereocenters. The largest absolute Gasteiger partial charge is 0.493 e. The summed E-state index contributed by atoms with van der Waals surface area (Å²) in [6.45, 7) is 6.28. The van der Waals surface area contributed by atoms with Crippen molar-refractivity contribution in [2.45, 2.75) is 32.6 Å². The summed E-state index contributed by atoms with van der Waals surface area (Å²) in [5.41, 5.74) is 1.52. The van der Waals surface area contributed by atoms with Crippen LogP contribution in [0.2, 0.25) is 0 Å². The third kappa shape index (κ3) is 3.86. The minimum Gasteiger partial charge on any atom is -0.493 e. The number of carbonyl (C=O) groups excluding carboxylic acids is 1. The lowest BCUT2D eigenvalue weighted by Gasteiger charge is -2.32. The van der Waals surface area contributed by atoms with Crippen LogP contribution in [0.1, 0.15) is 48.8 Å². The van der Waals surface area contributed by atoms with Gasteiger partial charge in [-0.05, 0) is 49.1 Å². The fourth-order valence-corrected chi connectivity index (χ4v) is 3.68. The first-order chi connectivity index (χ1) is 13.6. The van der Waals surface area contributed by atoms with E-state index in [-0.39, 0.29) is 11.8 Å². The summed E-state index contributed by atoms with van der Waals surface area (Å²) < 4.78 is 7.81. The Hall–Kier alpha value is -2.89. The van der Waals surface area contributed by atoms with E-state index in [2.05, 4.69) is 24.0 Å². The van der Waals surface area contributed by atoms with E-state index in [0.29, 0.717) is 24.6 Å². The average Bonchev–Trinajstić information content (AvgIpc) is 3.16. The first-order valence-electron chi connectivity index (χ1n) is 9.93. The van der Waals surface area contributed by atoms with E-state index in [1.807, 2.05) is 58.0 Å². The van der Waals surface area contributed by atoms with Crippen LogP contribution in [0, 0.1) is 5.92 Å². The zero-order chi connectivity index (χ0) is 19.5. The van der Waals surface area contributed by atoms with Gasteiger partial charge in [-0.1, -0.05) is 26.0 Å². The molecule has 1 aliphatic rings. The summed E-state index contributed by atoms with van der Waals surface area (Å²) in [6.07, 6.45) is 3.96. The van der Waals surface area contributed by atoms with Gasteiger partial charge in [-0.25, -0.2) is 0 Å². The topological polar surface area (TPSA) is 59.7 Å². The molecule has 4 rings (SSSR count). The third-order valence-electron chi connectivity index (χ3n) is 5.08. The van der Waals surface area contributed by atoms with Crippen molar-refractivity contribution in [1.29, 1.82) is 0 Å². The molecule has 6 nitrogen and oxygen atoms in total. The lowest BCUT2D eigenvalue weighted by atomic mass is 9.96. The molecule has 0 spiro atoms. The van der Waals surface area contributed by atoms with E-state index < -0.39 is 0 Å². The number of benzene rings is 1. The number of likely N-dealkylation sites (tertiary alicyclic amines) is 1. The highest BCUT2D eigenvalue weighted by Gasteiger charge is 2.28. The van der Waals surface area contributed by atoms with Gasteiger partial charge in [-0.2, -0.15) is 0 Å². The molecule has 0 bridgehead atoms. The van der Waals surface area contributed by atoms with Crippen molar-refractivity contribution >= 4 is 11.6 Å². The van der Waals surface area contributed by atoms with Gasteiger partial charge in [0.1, 0.15) is 11.6 Å². The molecule has 1 fully saturated rings. The van der Waals surface area contributed by atoms with E-state index in [9.17, 15) is 4.79 Å². The Labute approximate surface area is 165 Å².